The molecule has 0 bridgehead atoms. The highest BCUT2D eigenvalue weighted by Gasteiger charge is 2.34. The molecule has 0 atom stereocenters. The molecule has 9 heteroatoms. The number of benzene rings is 1. The fraction of sp³-hybridized carbons (Fsp3) is 0.115. The summed E-state index contributed by atoms with van der Waals surface area (Å²) in [5.41, 5.74) is 3.13. The van der Waals surface area contributed by atoms with Crippen LogP contribution in [0.15, 0.2) is 85.1 Å². The molecule has 0 saturated heterocycles. The zero-order chi connectivity index (χ0) is 24.4. The lowest BCUT2D eigenvalue weighted by atomic mass is 9.95. The first-order valence-corrected chi connectivity index (χ1v) is 10.9. The number of carboxylic acid groups (broad SMARTS) is 1. The van der Waals surface area contributed by atoms with Crippen LogP contribution in [0.2, 0.25) is 0 Å². The number of nitrogens with zero attached hydrogens (tertiary/aromatic N) is 5. The first kappa shape index (κ1) is 22.0. The summed E-state index contributed by atoms with van der Waals surface area (Å²) in [5.74, 6) is -1.06. The predicted molar refractivity (Wildman–Crippen MR) is 126 cm³/mol. The SMILES string of the molecule is O=C(C1=C(O)c2ncccc2CN1C(=O)O)c1cc(Cc2ccccn2)cc(Cn2cccn2)c1. The predicted octanol–water partition coefficient (Wildman–Crippen LogP) is 3.92. The van der Waals surface area contributed by atoms with Gasteiger partial charge in [-0.25, -0.2) is 4.79 Å². The quantitative estimate of drug-likeness (QED) is 0.412. The normalized spacial score (nSPS) is 13.0. The van der Waals surface area contributed by atoms with Gasteiger partial charge in [-0.3, -0.25) is 24.3 Å². The molecule has 1 aromatic carbocycles. The second-order valence-corrected chi connectivity index (χ2v) is 8.15. The Kier molecular flexibility index (Phi) is 5.80. The molecule has 0 unspecified atom stereocenters. The fourth-order valence-electron chi connectivity index (χ4n) is 4.18. The van der Waals surface area contributed by atoms with E-state index in [4.69, 9.17) is 0 Å². The Morgan fingerprint density at radius 1 is 0.943 bits per heavy atom. The van der Waals surface area contributed by atoms with E-state index in [1.807, 2.05) is 36.5 Å². The molecule has 174 valence electrons. The third-order valence-corrected chi connectivity index (χ3v) is 5.71. The van der Waals surface area contributed by atoms with E-state index >= 15 is 0 Å². The molecule has 9 nitrogen and oxygen atoms in total. The van der Waals surface area contributed by atoms with Gasteiger partial charge in [0, 0.05) is 48.0 Å². The van der Waals surface area contributed by atoms with E-state index in [0.717, 1.165) is 21.7 Å². The average Bonchev–Trinajstić information content (AvgIpc) is 3.37. The number of aromatic nitrogens is 4. The maximum Gasteiger partial charge on any atom is 0.412 e. The van der Waals surface area contributed by atoms with Crippen molar-refractivity contribution < 1.29 is 19.8 Å². The van der Waals surface area contributed by atoms with Crippen LogP contribution >= 0.6 is 0 Å². The van der Waals surface area contributed by atoms with Crippen molar-refractivity contribution >= 4 is 17.6 Å². The second-order valence-electron chi connectivity index (χ2n) is 8.15. The molecule has 2 N–H and O–H groups in total. The molecule has 0 fully saturated rings. The highest BCUT2D eigenvalue weighted by Crippen LogP contribution is 2.31. The lowest BCUT2D eigenvalue weighted by Gasteiger charge is -2.28. The van der Waals surface area contributed by atoms with Gasteiger partial charge in [-0.2, -0.15) is 5.10 Å². The molecule has 0 spiro atoms. The number of amides is 1. The number of carbonyl (C=O) groups excluding carboxylic acids is 1. The van der Waals surface area contributed by atoms with Gasteiger partial charge in [-0.05, 0) is 47.5 Å². The minimum Gasteiger partial charge on any atom is -0.504 e. The molecule has 0 radical (unpaired) electrons. The van der Waals surface area contributed by atoms with E-state index in [-0.39, 0.29) is 23.5 Å². The Hall–Kier alpha value is -4.79. The number of hydrogen-bond acceptors (Lipinski definition) is 6. The van der Waals surface area contributed by atoms with Crippen molar-refractivity contribution in [3.63, 3.8) is 0 Å². The van der Waals surface area contributed by atoms with Gasteiger partial charge in [0.25, 0.3) is 0 Å². The van der Waals surface area contributed by atoms with Crippen LogP contribution in [0.5, 0.6) is 0 Å². The van der Waals surface area contributed by atoms with Gasteiger partial charge < -0.3 is 10.2 Å². The molecule has 3 aromatic heterocycles. The number of allylic oxidation sites excluding steroid dienone is 1. The molecule has 5 rings (SSSR count). The standard InChI is InChI=1S/C26H21N5O4/c32-24(23-25(33)22-19(5-3-8-28-22)16-31(23)26(34)35)20-12-17(14-21-6-1-2-7-27-21)11-18(13-20)15-30-10-4-9-29-30/h1-13,33H,14-16H2,(H,34,35). The first-order chi connectivity index (χ1) is 17.0. The lowest BCUT2D eigenvalue weighted by molar-refractivity contribution is 0.0966. The monoisotopic (exact) mass is 467 g/mol. The van der Waals surface area contributed by atoms with Crippen LogP contribution in [-0.4, -0.2) is 46.7 Å². The number of aliphatic hydroxyl groups is 1. The maximum atomic E-state index is 13.7. The van der Waals surface area contributed by atoms with Crippen molar-refractivity contribution in [1.29, 1.82) is 0 Å². The van der Waals surface area contributed by atoms with Crippen LogP contribution < -0.4 is 0 Å². The number of Topliss-reactive ketones (excluding diaryl/α,β-unsaturated/α-hetero) is 1. The van der Waals surface area contributed by atoms with Crippen molar-refractivity contribution in [1.82, 2.24) is 24.6 Å². The number of pyridine rings is 2. The summed E-state index contributed by atoms with van der Waals surface area (Å²) in [6.45, 7) is 0.332. The molecule has 0 saturated carbocycles. The van der Waals surface area contributed by atoms with Gasteiger partial charge in [-0.1, -0.05) is 18.2 Å². The highest BCUT2D eigenvalue weighted by molar-refractivity contribution is 6.14. The van der Waals surface area contributed by atoms with Crippen LogP contribution in [0.4, 0.5) is 4.79 Å². The van der Waals surface area contributed by atoms with E-state index in [0.29, 0.717) is 18.5 Å². The maximum absolute atomic E-state index is 13.7. The molecule has 35 heavy (non-hydrogen) atoms. The Labute approximate surface area is 200 Å². The number of carbonyl (C=O) groups is 2. The number of rotatable bonds is 6. The van der Waals surface area contributed by atoms with Crippen LogP contribution in [0.1, 0.15) is 38.4 Å². The zero-order valence-corrected chi connectivity index (χ0v) is 18.6. The third kappa shape index (κ3) is 4.51. The molecule has 0 aliphatic carbocycles. The van der Waals surface area contributed by atoms with Crippen molar-refractivity contribution in [3.8, 4) is 0 Å². The minimum atomic E-state index is -1.34. The summed E-state index contributed by atoms with van der Waals surface area (Å²) < 4.78 is 1.73. The first-order valence-electron chi connectivity index (χ1n) is 10.9. The van der Waals surface area contributed by atoms with Crippen molar-refractivity contribution in [3.05, 3.63) is 119 Å². The molecule has 1 aliphatic rings. The highest BCUT2D eigenvalue weighted by atomic mass is 16.4. The topological polar surface area (TPSA) is 121 Å². The van der Waals surface area contributed by atoms with Gasteiger partial charge in [0.1, 0.15) is 11.4 Å². The second kappa shape index (κ2) is 9.22. The molecule has 1 aliphatic heterocycles. The Morgan fingerprint density at radius 2 is 1.77 bits per heavy atom. The lowest BCUT2D eigenvalue weighted by Crippen LogP contribution is -2.36. The third-order valence-electron chi connectivity index (χ3n) is 5.71. The van der Waals surface area contributed by atoms with E-state index in [9.17, 15) is 19.8 Å². The van der Waals surface area contributed by atoms with Crippen LogP contribution in [-0.2, 0) is 19.5 Å². The Bertz CT molecular complexity index is 1430. The summed E-state index contributed by atoms with van der Waals surface area (Å²) >= 11 is 0. The summed E-state index contributed by atoms with van der Waals surface area (Å²) in [5, 5.41) is 25.0. The fourth-order valence-corrected chi connectivity index (χ4v) is 4.18. The number of aliphatic hydroxyl groups excluding tert-OH is 1. The molecule has 1 amide bonds. The average molecular weight is 467 g/mol. The zero-order valence-electron chi connectivity index (χ0n) is 18.6. The Balaban J connectivity index is 1.59. The van der Waals surface area contributed by atoms with Gasteiger partial charge in [0.2, 0.25) is 5.78 Å². The summed E-state index contributed by atoms with van der Waals surface area (Å²) in [6, 6.07) is 16.1. The summed E-state index contributed by atoms with van der Waals surface area (Å²) in [4.78, 5) is 35.1. The van der Waals surface area contributed by atoms with Gasteiger partial charge in [0.05, 0.1) is 13.1 Å². The minimum absolute atomic E-state index is 0.0859. The summed E-state index contributed by atoms with van der Waals surface area (Å²) in [7, 11) is 0. The molecule has 4 heterocycles. The largest absolute Gasteiger partial charge is 0.504 e. The number of hydrogen-bond donors (Lipinski definition) is 2. The molecular formula is C26H21N5O4. The Morgan fingerprint density at radius 3 is 2.51 bits per heavy atom. The van der Waals surface area contributed by atoms with E-state index in [2.05, 4.69) is 15.1 Å². The van der Waals surface area contributed by atoms with Crippen molar-refractivity contribution in [2.45, 2.75) is 19.5 Å². The van der Waals surface area contributed by atoms with E-state index in [1.165, 1.54) is 6.20 Å². The van der Waals surface area contributed by atoms with Gasteiger partial charge in [-0.15, -0.1) is 0 Å². The van der Waals surface area contributed by atoms with Crippen LogP contribution in [0.3, 0.4) is 0 Å². The number of ketones is 1. The van der Waals surface area contributed by atoms with Gasteiger partial charge in [0.15, 0.2) is 5.76 Å². The van der Waals surface area contributed by atoms with E-state index < -0.39 is 17.6 Å². The van der Waals surface area contributed by atoms with Crippen molar-refractivity contribution in [2.75, 3.05) is 0 Å². The molecule has 4 aromatic rings. The number of fused-ring (bicyclic) bond motifs is 1. The molecular weight excluding hydrogens is 446 g/mol. The van der Waals surface area contributed by atoms with Crippen LogP contribution in [0, 0.1) is 0 Å². The van der Waals surface area contributed by atoms with Crippen molar-refractivity contribution in [2.24, 2.45) is 0 Å². The smallest absolute Gasteiger partial charge is 0.412 e. The van der Waals surface area contributed by atoms with Gasteiger partial charge >= 0.3 is 6.09 Å². The van der Waals surface area contributed by atoms with E-state index in [1.54, 1.807) is 41.3 Å². The van der Waals surface area contributed by atoms with Crippen LogP contribution in [0.25, 0.3) is 5.76 Å². The summed E-state index contributed by atoms with van der Waals surface area (Å²) in [6.07, 6.45) is 5.82.